The van der Waals surface area contributed by atoms with Crippen molar-refractivity contribution in [2.75, 3.05) is 6.50 Å². The summed E-state index contributed by atoms with van der Waals surface area (Å²) < 4.78 is 29.1. The molecule has 0 aliphatic rings. The van der Waals surface area contributed by atoms with E-state index in [1.54, 1.807) is 0 Å². The smallest absolute Gasteiger partial charge is 0.161 e. The average Bonchev–Trinajstić information content (AvgIpc) is 2.09. The Bertz CT molecular complexity index is 422. The van der Waals surface area contributed by atoms with Crippen molar-refractivity contribution in [1.29, 1.82) is 0 Å². The third-order valence-corrected chi connectivity index (χ3v) is 1.30. The first-order chi connectivity index (χ1) is 7.07. The molecule has 13 heavy (non-hydrogen) atoms. The zero-order valence-corrected chi connectivity index (χ0v) is 8.20. The van der Waals surface area contributed by atoms with Gasteiger partial charge in [0, 0.05) is 11.5 Å². The van der Waals surface area contributed by atoms with Gasteiger partial charge in [0.05, 0.1) is 0 Å². The van der Waals surface area contributed by atoms with Gasteiger partial charge in [-0.15, -0.1) is 17.0 Å². The summed E-state index contributed by atoms with van der Waals surface area (Å²) in [5.41, 5.74) is 4.47. The third-order valence-electron chi connectivity index (χ3n) is 1.30. The molecule has 1 rings (SSSR count). The lowest BCUT2D eigenvalue weighted by atomic mass is 10.1. The monoisotopic (exact) mass is 253 g/mol. The minimum Gasteiger partial charge on any atom is -0.508 e. The maximum atomic E-state index is 9.38. The fourth-order valence-corrected chi connectivity index (χ4v) is 0.744. The standard InChI is InChI=1S/C8H11NO3.BrH/c9-2-1-5-3-7(11)8(12)4-6(5)10;/h3-4,10-12H,1-2,9H2;1H/i1D2,2D2;. The van der Waals surface area contributed by atoms with Crippen LogP contribution in [0.3, 0.4) is 0 Å². The lowest BCUT2D eigenvalue weighted by Gasteiger charge is -2.04. The third kappa shape index (κ3) is 2.78. The zero-order valence-electron chi connectivity index (χ0n) is 10.5. The molecule has 0 saturated carbocycles. The topological polar surface area (TPSA) is 86.7 Å². The lowest BCUT2D eigenvalue weighted by Crippen LogP contribution is -2.02. The van der Waals surface area contributed by atoms with Gasteiger partial charge >= 0.3 is 0 Å². The number of nitrogens with two attached hydrogens (primary N) is 1. The molecule has 0 bridgehead atoms. The fraction of sp³-hybridized carbons (Fsp3) is 0.250. The van der Waals surface area contributed by atoms with Gasteiger partial charge in [-0.1, -0.05) is 0 Å². The summed E-state index contributed by atoms with van der Waals surface area (Å²) in [5, 5.41) is 27.6. The van der Waals surface area contributed by atoms with E-state index in [2.05, 4.69) is 0 Å². The molecule has 0 aliphatic heterocycles. The number of rotatable bonds is 2. The Morgan fingerprint density at radius 1 is 1.15 bits per heavy atom. The molecule has 0 radical (unpaired) electrons. The number of benzene rings is 1. The van der Waals surface area contributed by atoms with Crippen LogP contribution in [0.25, 0.3) is 0 Å². The number of hydrogen-bond acceptors (Lipinski definition) is 4. The van der Waals surface area contributed by atoms with Gasteiger partial charge in [-0.25, -0.2) is 0 Å². The lowest BCUT2D eigenvalue weighted by molar-refractivity contribution is 0.394. The molecule has 0 unspecified atom stereocenters. The second-order valence-corrected chi connectivity index (χ2v) is 2.13. The Morgan fingerprint density at radius 2 is 1.69 bits per heavy atom. The van der Waals surface area contributed by atoms with E-state index in [0.717, 1.165) is 6.07 Å². The minimum atomic E-state index is -2.74. The predicted molar refractivity (Wildman–Crippen MR) is 54.5 cm³/mol. The average molecular weight is 254 g/mol. The number of halogens is 1. The van der Waals surface area contributed by atoms with Gasteiger partial charge in [-0.05, 0) is 24.5 Å². The highest BCUT2D eigenvalue weighted by atomic mass is 79.9. The van der Waals surface area contributed by atoms with Crippen LogP contribution in [0, 0.1) is 0 Å². The summed E-state index contributed by atoms with van der Waals surface area (Å²) in [6, 6.07) is 1.45. The van der Waals surface area contributed by atoms with E-state index in [9.17, 15) is 5.11 Å². The van der Waals surface area contributed by atoms with Crippen molar-refractivity contribution in [2.24, 2.45) is 5.73 Å². The van der Waals surface area contributed by atoms with E-state index < -0.39 is 35.7 Å². The van der Waals surface area contributed by atoms with Crippen LogP contribution in [0.4, 0.5) is 0 Å². The highest BCUT2D eigenvalue weighted by molar-refractivity contribution is 8.93. The second-order valence-electron chi connectivity index (χ2n) is 2.13. The molecule has 0 heterocycles. The Hall–Kier alpha value is -0.940. The number of aromatic hydroxyl groups is 3. The Kier molecular flexibility index (Phi) is 2.47. The number of phenols is 3. The van der Waals surface area contributed by atoms with Crippen molar-refractivity contribution in [3.05, 3.63) is 17.7 Å². The van der Waals surface area contributed by atoms with Crippen LogP contribution in [-0.4, -0.2) is 21.8 Å². The Balaban J connectivity index is 0.00000256. The molecule has 0 fully saturated rings. The first-order valence-corrected chi connectivity index (χ1v) is 3.11. The molecule has 5 N–H and O–H groups in total. The normalized spacial score (nSPS) is 16.1. The van der Waals surface area contributed by atoms with E-state index >= 15 is 0 Å². The van der Waals surface area contributed by atoms with Crippen LogP contribution in [0.5, 0.6) is 17.2 Å². The quantitative estimate of drug-likeness (QED) is 0.466. The van der Waals surface area contributed by atoms with E-state index in [1.807, 2.05) is 0 Å². The van der Waals surface area contributed by atoms with Crippen LogP contribution in [-0.2, 0) is 6.37 Å². The van der Waals surface area contributed by atoms with Crippen molar-refractivity contribution in [1.82, 2.24) is 0 Å². The highest BCUT2D eigenvalue weighted by Gasteiger charge is 2.06. The van der Waals surface area contributed by atoms with Crippen LogP contribution in [0.1, 0.15) is 11.0 Å². The van der Waals surface area contributed by atoms with Crippen LogP contribution < -0.4 is 5.73 Å². The molecule has 0 amide bonds. The van der Waals surface area contributed by atoms with Crippen molar-refractivity contribution in [2.45, 2.75) is 6.37 Å². The van der Waals surface area contributed by atoms with Crippen LogP contribution in [0.15, 0.2) is 12.1 Å². The van der Waals surface area contributed by atoms with Gasteiger partial charge in [-0.2, -0.15) is 0 Å². The molecule has 5 heteroatoms. The molecule has 0 aromatic heterocycles. The zero-order chi connectivity index (χ0) is 12.7. The van der Waals surface area contributed by atoms with Gasteiger partial charge in [0.15, 0.2) is 11.5 Å². The SMILES string of the molecule is Br.[2H]C([2H])(N)C([2H])([2H])c1cc(O)c(O)cc1O. The van der Waals surface area contributed by atoms with Gasteiger partial charge in [0.2, 0.25) is 0 Å². The maximum absolute atomic E-state index is 9.38. The molecule has 0 aliphatic carbocycles. The van der Waals surface area contributed by atoms with Crippen LogP contribution in [0.2, 0.25) is 0 Å². The van der Waals surface area contributed by atoms with Crippen molar-refractivity contribution < 1.29 is 20.8 Å². The molecular formula is C8H12BrNO3. The summed E-state index contributed by atoms with van der Waals surface area (Å²) >= 11 is 0. The number of aryl methyl sites for hydroxylation is 1. The van der Waals surface area contributed by atoms with Crippen LogP contribution >= 0.6 is 17.0 Å². The molecule has 1 aromatic rings. The van der Waals surface area contributed by atoms with Gasteiger partial charge in [0.1, 0.15) is 5.75 Å². The predicted octanol–water partition coefficient (Wildman–Crippen LogP) is 0.882. The summed E-state index contributed by atoms with van der Waals surface area (Å²) in [4.78, 5) is 0. The molecule has 0 saturated heterocycles. The van der Waals surface area contributed by atoms with Crippen molar-refractivity contribution >= 4 is 17.0 Å². The largest absolute Gasteiger partial charge is 0.508 e. The van der Waals surface area contributed by atoms with E-state index in [0.29, 0.717) is 6.07 Å². The molecule has 4 nitrogen and oxygen atoms in total. The van der Waals surface area contributed by atoms with Crippen molar-refractivity contribution in [3.8, 4) is 17.2 Å². The second kappa shape index (κ2) is 4.94. The molecule has 1 aromatic carbocycles. The molecular weight excluding hydrogens is 238 g/mol. The van der Waals surface area contributed by atoms with Gasteiger partial charge in [-0.3, -0.25) is 0 Å². The summed E-state index contributed by atoms with van der Waals surface area (Å²) in [5.74, 6) is -1.98. The Morgan fingerprint density at radius 3 is 2.23 bits per heavy atom. The summed E-state index contributed by atoms with van der Waals surface area (Å²) in [6.07, 6.45) is -2.71. The van der Waals surface area contributed by atoms with Crippen molar-refractivity contribution in [3.63, 3.8) is 0 Å². The minimum absolute atomic E-state index is 0. The highest BCUT2D eigenvalue weighted by Crippen LogP contribution is 2.31. The van der Waals surface area contributed by atoms with E-state index in [1.165, 1.54) is 0 Å². The van der Waals surface area contributed by atoms with E-state index in [4.69, 9.17) is 21.4 Å². The number of hydrogen-bond donors (Lipinski definition) is 4. The van der Waals surface area contributed by atoms with Gasteiger partial charge < -0.3 is 21.1 Å². The van der Waals surface area contributed by atoms with Gasteiger partial charge in [0.25, 0.3) is 0 Å². The first kappa shape index (κ1) is 6.50. The fourth-order valence-electron chi connectivity index (χ4n) is 0.744. The Labute approximate surface area is 92.0 Å². The molecule has 74 valence electrons. The first-order valence-electron chi connectivity index (χ1n) is 5.11. The summed E-state index contributed by atoms with van der Waals surface area (Å²) in [6.45, 7) is -2.74. The maximum Gasteiger partial charge on any atom is 0.161 e. The van der Waals surface area contributed by atoms with E-state index in [-0.39, 0.29) is 17.0 Å². The summed E-state index contributed by atoms with van der Waals surface area (Å²) in [7, 11) is 0. The number of phenolic OH excluding ortho intramolecular Hbond substituents is 3. The molecule has 0 atom stereocenters. The molecule has 0 spiro atoms.